The van der Waals surface area contributed by atoms with Gasteiger partial charge in [-0.3, -0.25) is 0 Å². The minimum absolute atomic E-state index is 0.310. The fourth-order valence-electron chi connectivity index (χ4n) is 3.01. The van der Waals surface area contributed by atoms with Gasteiger partial charge in [0.05, 0.1) is 0 Å². The van der Waals surface area contributed by atoms with Gasteiger partial charge in [0.1, 0.15) is 0 Å². The van der Waals surface area contributed by atoms with Crippen LogP contribution < -0.4 is 0 Å². The zero-order valence-electron chi connectivity index (χ0n) is 15.8. The van der Waals surface area contributed by atoms with Crippen LogP contribution in [-0.4, -0.2) is 0 Å². The first kappa shape index (κ1) is 21.2. The highest BCUT2D eigenvalue weighted by Gasteiger charge is 2.29. The molecule has 2 aliphatic carbocycles. The SMILES string of the molecule is C=CC1=C2C(=C)CCC/C=C\C2C(C=C)=C1/C=C\C.CC.CC. The van der Waals surface area contributed by atoms with Crippen molar-refractivity contribution in [2.75, 3.05) is 0 Å². The van der Waals surface area contributed by atoms with Crippen LogP contribution in [0.15, 0.2) is 84.1 Å². The Labute approximate surface area is 144 Å². The molecule has 0 aromatic carbocycles. The van der Waals surface area contributed by atoms with Crippen LogP contribution >= 0.6 is 0 Å². The molecule has 0 fully saturated rings. The number of hydrogen-bond acceptors (Lipinski definition) is 0. The van der Waals surface area contributed by atoms with E-state index in [9.17, 15) is 0 Å². The maximum atomic E-state index is 4.30. The number of allylic oxidation sites excluding steroid dienone is 11. The van der Waals surface area contributed by atoms with Crippen molar-refractivity contribution < 1.29 is 0 Å². The van der Waals surface area contributed by atoms with Crippen molar-refractivity contribution in [3.05, 3.63) is 84.1 Å². The molecular formula is C23H34. The second kappa shape index (κ2) is 11.7. The zero-order valence-corrected chi connectivity index (χ0v) is 15.8. The predicted octanol–water partition coefficient (Wildman–Crippen LogP) is 7.51. The van der Waals surface area contributed by atoms with E-state index in [1.54, 1.807) is 0 Å². The Kier molecular flexibility index (Phi) is 10.8. The molecule has 2 rings (SSSR count). The van der Waals surface area contributed by atoms with Crippen molar-refractivity contribution >= 4 is 0 Å². The smallest absolute Gasteiger partial charge is 0.0284 e. The van der Waals surface area contributed by atoms with E-state index in [0.29, 0.717) is 5.92 Å². The van der Waals surface area contributed by atoms with Gasteiger partial charge in [0.15, 0.2) is 0 Å². The Hall–Kier alpha value is -1.82. The van der Waals surface area contributed by atoms with Crippen LogP contribution in [0.3, 0.4) is 0 Å². The Morgan fingerprint density at radius 2 is 1.70 bits per heavy atom. The lowest BCUT2D eigenvalue weighted by Crippen LogP contribution is -2.04. The molecule has 0 aliphatic heterocycles. The maximum absolute atomic E-state index is 4.30. The van der Waals surface area contributed by atoms with Crippen molar-refractivity contribution in [2.24, 2.45) is 5.92 Å². The monoisotopic (exact) mass is 310 g/mol. The Morgan fingerprint density at radius 3 is 2.22 bits per heavy atom. The lowest BCUT2D eigenvalue weighted by atomic mass is 9.85. The predicted molar refractivity (Wildman–Crippen MR) is 108 cm³/mol. The van der Waals surface area contributed by atoms with Crippen LogP contribution in [0.5, 0.6) is 0 Å². The molecule has 0 nitrogen and oxygen atoms in total. The van der Waals surface area contributed by atoms with Gasteiger partial charge in [-0.05, 0) is 48.5 Å². The second-order valence-corrected chi connectivity index (χ2v) is 5.01. The highest BCUT2D eigenvalue weighted by molar-refractivity contribution is 5.67. The summed E-state index contributed by atoms with van der Waals surface area (Å²) in [6.45, 7) is 22.3. The van der Waals surface area contributed by atoms with Crippen molar-refractivity contribution in [2.45, 2.75) is 53.9 Å². The first-order valence-electron chi connectivity index (χ1n) is 8.95. The largest absolute Gasteiger partial charge is 0.0987 e. The van der Waals surface area contributed by atoms with E-state index in [-0.39, 0.29) is 0 Å². The normalized spacial score (nSPS) is 21.4. The summed E-state index contributed by atoms with van der Waals surface area (Å²) in [6.07, 6.45) is 16.2. The molecule has 0 saturated heterocycles. The minimum Gasteiger partial charge on any atom is -0.0987 e. The summed E-state index contributed by atoms with van der Waals surface area (Å²) in [5.74, 6) is 0.310. The molecule has 2 aliphatic rings. The number of fused-ring (bicyclic) bond motifs is 1. The summed E-state index contributed by atoms with van der Waals surface area (Å²) in [7, 11) is 0. The lowest BCUT2D eigenvalue weighted by Gasteiger charge is -2.19. The lowest BCUT2D eigenvalue weighted by molar-refractivity contribution is 0.787. The molecule has 0 aromatic rings. The van der Waals surface area contributed by atoms with Crippen molar-refractivity contribution in [1.82, 2.24) is 0 Å². The average molecular weight is 311 g/mol. The second-order valence-electron chi connectivity index (χ2n) is 5.01. The summed E-state index contributed by atoms with van der Waals surface area (Å²) < 4.78 is 0. The van der Waals surface area contributed by atoms with Gasteiger partial charge in [-0.15, -0.1) is 0 Å². The number of rotatable bonds is 3. The van der Waals surface area contributed by atoms with Crippen LogP contribution in [0.25, 0.3) is 0 Å². The van der Waals surface area contributed by atoms with E-state index in [0.717, 1.165) is 12.8 Å². The van der Waals surface area contributed by atoms with E-state index in [1.807, 2.05) is 46.8 Å². The molecule has 23 heavy (non-hydrogen) atoms. The fourth-order valence-corrected chi connectivity index (χ4v) is 3.01. The summed E-state index contributed by atoms with van der Waals surface area (Å²) in [5, 5.41) is 0. The van der Waals surface area contributed by atoms with Crippen molar-refractivity contribution in [1.29, 1.82) is 0 Å². The van der Waals surface area contributed by atoms with Gasteiger partial charge in [0.2, 0.25) is 0 Å². The van der Waals surface area contributed by atoms with Crippen LogP contribution in [0.4, 0.5) is 0 Å². The van der Waals surface area contributed by atoms with Crippen LogP contribution in [0.1, 0.15) is 53.9 Å². The van der Waals surface area contributed by atoms with Crippen molar-refractivity contribution in [3.8, 4) is 0 Å². The Morgan fingerprint density at radius 1 is 1.04 bits per heavy atom. The molecule has 0 N–H and O–H groups in total. The van der Waals surface area contributed by atoms with Crippen LogP contribution in [-0.2, 0) is 0 Å². The molecule has 0 heterocycles. The van der Waals surface area contributed by atoms with Gasteiger partial charge >= 0.3 is 0 Å². The van der Waals surface area contributed by atoms with E-state index in [4.69, 9.17) is 0 Å². The van der Waals surface area contributed by atoms with Gasteiger partial charge in [-0.2, -0.15) is 0 Å². The molecule has 0 saturated carbocycles. The highest BCUT2D eigenvalue weighted by atomic mass is 14.3. The quantitative estimate of drug-likeness (QED) is 0.473. The molecule has 0 bridgehead atoms. The first-order chi connectivity index (χ1) is 11.2. The number of hydrogen-bond donors (Lipinski definition) is 0. The van der Waals surface area contributed by atoms with Crippen LogP contribution in [0.2, 0.25) is 0 Å². The molecule has 0 amide bonds. The first-order valence-corrected chi connectivity index (χ1v) is 8.95. The van der Waals surface area contributed by atoms with E-state index < -0.39 is 0 Å². The third-order valence-corrected chi connectivity index (χ3v) is 3.85. The molecule has 1 unspecified atom stereocenters. The van der Waals surface area contributed by atoms with Gasteiger partial charge < -0.3 is 0 Å². The fraction of sp³-hybridized carbons (Fsp3) is 0.391. The van der Waals surface area contributed by atoms with E-state index >= 15 is 0 Å². The average Bonchev–Trinajstić information content (AvgIpc) is 2.88. The molecule has 0 aromatic heterocycles. The van der Waals surface area contributed by atoms with Gasteiger partial charge in [0, 0.05) is 5.92 Å². The Balaban J connectivity index is 0.00000112. The van der Waals surface area contributed by atoms with Gasteiger partial charge in [-0.1, -0.05) is 89.5 Å². The van der Waals surface area contributed by atoms with E-state index in [2.05, 4.69) is 44.0 Å². The minimum atomic E-state index is 0.310. The molecule has 0 heteroatoms. The maximum Gasteiger partial charge on any atom is 0.0284 e. The van der Waals surface area contributed by atoms with Crippen molar-refractivity contribution in [3.63, 3.8) is 0 Å². The third-order valence-electron chi connectivity index (χ3n) is 3.85. The zero-order chi connectivity index (χ0) is 17.8. The highest BCUT2D eigenvalue weighted by Crippen LogP contribution is 2.44. The summed E-state index contributed by atoms with van der Waals surface area (Å²) in [4.78, 5) is 0. The molecule has 0 spiro atoms. The third kappa shape index (κ3) is 4.82. The molecule has 1 atom stereocenters. The molecular weight excluding hydrogens is 276 g/mol. The standard InChI is InChI=1S/C19H22.2C2H6/c1-5-11-17-15(6-2)18-13-10-8-9-12-14(4)19(18)16(17)7-3;2*1-2/h5-7,10-11,13,18H,2-4,8-9,12H2,1H3;2*1-2H3/b11-5-,13-10-;;. The summed E-state index contributed by atoms with van der Waals surface area (Å²) >= 11 is 0. The summed E-state index contributed by atoms with van der Waals surface area (Å²) in [6, 6.07) is 0. The topological polar surface area (TPSA) is 0 Å². The molecule has 126 valence electrons. The summed E-state index contributed by atoms with van der Waals surface area (Å²) in [5.41, 5.74) is 6.36. The van der Waals surface area contributed by atoms with Gasteiger partial charge in [0.25, 0.3) is 0 Å². The van der Waals surface area contributed by atoms with Crippen LogP contribution in [0, 0.1) is 5.92 Å². The molecule has 0 radical (unpaired) electrons. The Bertz CT molecular complexity index is 532. The van der Waals surface area contributed by atoms with Gasteiger partial charge in [-0.25, -0.2) is 0 Å². The van der Waals surface area contributed by atoms with E-state index in [1.165, 1.54) is 34.3 Å².